The maximum absolute atomic E-state index is 13.3. The number of carbonyl (C=O) groups excluding carboxylic acids is 2. The van der Waals surface area contributed by atoms with Crippen molar-refractivity contribution in [3.05, 3.63) is 30.6 Å². The van der Waals surface area contributed by atoms with Crippen LogP contribution in [0, 0.1) is 17.3 Å². The SMILES string of the molecule is CC(=O)NC12C[C@H]3C[C@@H](C1)CC(C(=O)NCCCn1cnc4ccccc41)(C3)C2. The molecular weight excluding hydrogens is 364 g/mol. The van der Waals surface area contributed by atoms with Crippen molar-refractivity contribution >= 4 is 22.8 Å². The highest BCUT2D eigenvalue weighted by Gasteiger charge is 2.60. The number of amides is 2. The Morgan fingerprint density at radius 3 is 2.69 bits per heavy atom. The lowest BCUT2D eigenvalue weighted by atomic mass is 9.46. The highest BCUT2D eigenvalue weighted by atomic mass is 16.2. The standard InChI is InChI=1S/C23H30N4O2/c1-16(28)26-23-12-17-9-18(13-23)11-22(10-17,14-23)21(29)24-7-4-8-27-15-25-19-5-2-3-6-20(19)27/h2-3,5-6,15,17-18H,4,7-14H2,1H3,(H,24,29)(H,26,28)/t17-,18+,22?,23?. The number of nitrogens with one attached hydrogen (secondary N) is 2. The van der Waals surface area contributed by atoms with Gasteiger partial charge in [0.25, 0.3) is 0 Å². The molecular formula is C23H30N4O2. The number of nitrogens with zero attached hydrogens (tertiary/aromatic N) is 2. The van der Waals surface area contributed by atoms with Gasteiger partial charge in [0.05, 0.1) is 22.8 Å². The molecule has 4 atom stereocenters. The van der Waals surface area contributed by atoms with Crippen molar-refractivity contribution < 1.29 is 9.59 Å². The van der Waals surface area contributed by atoms with Crippen molar-refractivity contribution in [1.82, 2.24) is 20.2 Å². The molecule has 2 aromatic rings. The average Bonchev–Trinajstić information content (AvgIpc) is 3.06. The van der Waals surface area contributed by atoms with Crippen molar-refractivity contribution in [1.29, 1.82) is 0 Å². The number of carbonyl (C=O) groups is 2. The molecule has 2 N–H and O–H groups in total. The minimum absolute atomic E-state index is 0.0371. The highest BCUT2D eigenvalue weighted by molar-refractivity contribution is 5.84. The van der Waals surface area contributed by atoms with Crippen LogP contribution in [0.3, 0.4) is 0 Å². The zero-order chi connectivity index (χ0) is 20.1. The first-order valence-electron chi connectivity index (χ1n) is 10.9. The summed E-state index contributed by atoms with van der Waals surface area (Å²) in [6, 6.07) is 8.13. The summed E-state index contributed by atoms with van der Waals surface area (Å²) in [5.41, 5.74) is 1.71. The number of hydrogen-bond donors (Lipinski definition) is 2. The first-order chi connectivity index (χ1) is 14.0. The monoisotopic (exact) mass is 394 g/mol. The van der Waals surface area contributed by atoms with Gasteiger partial charge in [-0.1, -0.05) is 12.1 Å². The summed E-state index contributed by atoms with van der Waals surface area (Å²) in [6.45, 7) is 3.12. The van der Waals surface area contributed by atoms with Gasteiger partial charge in [0.1, 0.15) is 0 Å². The van der Waals surface area contributed by atoms with Crippen LogP contribution >= 0.6 is 0 Å². The summed E-state index contributed by atoms with van der Waals surface area (Å²) >= 11 is 0. The average molecular weight is 395 g/mol. The minimum atomic E-state index is -0.283. The maximum Gasteiger partial charge on any atom is 0.226 e. The molecule has 4 aliphatic carbocycles. The lowest BCUT2D eigenvalue weighted by molar-refractivity contribution is -0.153. The van der Waals surface area contributed by atoms with E-state index < -0.39 is 0 Å². The first kappa shape index (κ1) is 18.6. The topological polar surface area (TPSA) is 76.0 Å². The van der Waals surface area contributed by atoms with Crippen LogP contribution in [0.1, 0.15) is 51.9 Å². The van der Waals surface area contributed by atoms with Crippen molar-refractivity contribution in [2.75, 3.05) is 6.54 Å². The van der Waals surface area contributed by atoms with E-state index in [0.29, 0.717) is 18.4 Å². The fraction of sp³-hybridized carbons (Fsp3) is 0.609. The number of imidazole rings is 1. The molecule has 4 fully saturated rings. The van der Waals surface area contributed by atoms with Crippen LogP contribution in [0.4, 0.5) is 0 Å². The van der Waals surface area contributed by atoms with Gasteiger partial charge in [0.15, 0.2) is 0 Å². The highest BCUT2D eigenvalue weighted by Crippen LogP contribution is 2.61. The molecule has 4 aliphatic rings. The zero-order valence-electron chi connectivity index (χ0n) is 17.1. The van der Waals surface area contributed by atoms with Crippen LogP contribution in [0.25, 0.3) is 11.0 Å². The van der Waals surface area contributed by atoms with E-state index in [1.165, 1.54) is 6.42 Å². The number of benzene rings is 1. The van der Waals surface area contributed by atoms with E-state index in [9.17, 15) is 9.59 Å². The summed E-state index contributed by atoms with van der Waals surface area (Å²) in [5, 5.41) is 6.48. The van der Waals surface area contributed by atoms with E-state index >= 15 is 0 Å². The van der Waals surface area contributed by atoms with Crippen LogP contribution in [0.15, 0.2) is 30.6 Å². The van der Waals surface area contributed by atoms with Gasteiger partial charge < -0.3 is 15.2 Å². The molecule has 1 aromatic carbocycles. The zero-order valence-corrected chi connectivity index (χ0v) is 17.1. The Kier molecular flexibility index (Phi) is 4.41. The molecule has 0 spiro atoms. The Balaban J connectivity index is 1.21. The van der Waals surface area contributed by atoms with Gasteiger partial charge in [-0.3, -0.25) is 9.59 Å². The molecule has 29 heavy (non-hydrogen) atoms. The molecule has 6 rings (SSSR count). The summed E-state index contributed by atoms with van der Waals surface area (Å²) in [5.74, 6) is 1.39. The van der Waals surface area contributed by atoms with Gasteiger partial charge in [0, 0.05) is 25.6 Å². The molecule has 2 amide bonds. The van der Waals surface area contributed by atoms with Gasteiger partial charge in [-0.05, 0) is 68.9 Å². The maximum atomic E-state index is 13.3. The second-order valence-electron chi connectivity index (χ2n) is 9.74. The molecule has 1 aromatic heterocycles. The Bertz CT molecular complexity index is 935. The third-order valence-corrected chi connectivity index (χ3v) is 7.37. The molecule has 6 nitrogen and oxygen atoms in total. The van der Waals surface area contributed by atoms with Crippen molar-refractivity contribution in [2.45, 2.75) is 64.0 Å². The predicted molar refractivity (Wildman–Crippen MR) is 111 cm³/mol. The number of rotatable bonds is 6. The third kappa shape index (κ3) is 3.32. The molecule has 4 bridgehead atoms. The lowest BCUT2D eigenvalue weighted by Crippen LogP contribution is -2.65. The molecule has 1 heterocycles. The summed E-state index contributed by atoms with van der Waals surface area (Å²) < 4.78 is 2.15. The van der Waals surface area contributed by atoms with Crippen molar-refractivity contribution in [3.8, 4) is 0 Å². The number of para-hydroxylation sites is 2. The number of aryl methyl sites for hydroxylation is 1. The van der Waals surface area contributed by atoms with Gasteiger partial charge in [0.2, 0.25) is 11.8 Å². The number of hydrogen-bond acceptors (Lipinski definition) is 3. The summed E-state index contributed by atoms with van der Waals surface area (Å²) in [4.78, 5) is 29.5. The van der Waals surface area contributed by atoms with Crippen LogP contribution in [0.5, 0.6) is 0 Å². The summed E-state index contributed by atoms with van der Waals surface area (Å²) in [6.07, 6.45) is 8.87. The van der Waals surface area contributed by atoms with Gasteiger partial charge in [-0.2, -0.15) is 0 Å². The number of fused-ring (bicyclic) bond motifs is 1. The molecule has 154 valence electrons. The van der Waals surface area contributed by atoms with E-state index in [2.05, 4.69) is 26.3 Å². The minimum Gasteiger partial charge on any atom is -0.356 e. The fourth-order valence-electron chi connectivity index (χ4n) is 6.88. The summed E-state index contributed by atoms with van der Waals surface area (Å²) in [7, 11) is 0. The van der Waals surface area contributed by atoms with Crippen LogP contribution in [0.2, 0.25) is 0 Å². The Morgan fingerprint density at radius 1 is 1.17 bits per heavy atom. The molecule has 4 saturated carbocycles. The lowest BCUT2D eigenvalue weighted by Gasteiger charge is -2.61. The predicted octanol–water partition coefficient (Wildman–Crippen LogP) is 3.02. The molecule has 2 unspecified atom stereocenters. The van der Waals surface area contributed by atoms with Gasteiger partial charge >= 0.3 is 0 Å². The molecule has 0 aliphatic heterocycles. The van der Waals surface area contributed by atoms with Crippen LogP contribution in [-0.4, -0.2) is 33.4 Å². The Labute approximate surface area is 171 Å². The molecule has 6 heteroatoms. The van der Waals surface area contributed by atoms with Gasteiger partial charge in [-0.25, -0.2) is 4.98 Å². The number of aromatic nitrogens is 2. The van der Waals surface area contributed by atoms with E-state index in [4.69, 9.17) is 0 Å². The molecule has 0 saturated heterocycles. The quantitative estimate of drug-likeness (QED) is 0.740. The first-order valence-corrected chi connectivity index (χ1v) is 10.9. The molecule has 0 radical (unpaired) electrons. The van der Waals surface area contributed by atoms with Crippen molar-refractivity contribution in [3.63, 3.8) is 0 Å². The van der Waals surface area contributed by atoms with Crippen LogP contribution < -0.4 is 10.6 Å². The Hall–Kier alpha value is -2.37. The third-order valence-electron chi connectivity index (χ3n) is 7.37. The second-order valence-corrected chi connectivity index (χ2v) is 9.74. The fourth-order valence-corrected chi connectivity index (χ4v) is 6.88. The normalized spacial score (nSPS) is 32.4. The smallest absolute Gasteiger partial charge is 0.226 e. The van der Waals surface area contributed by atoms with E-state index in [1.807, 2.05) is 24.5 Å². The van der Waals surface area contributed by atoms with E-state index in [0.717, 1.165) is 56.1 Å². The Morgan fingerprint density at radius 2 is 1.93 bits per heavy atom. The van der Waals surface area contributed by atoms with Gasteiger partial charge in [-0.15, -0.1) is 0 Å². The van der Waals surface area contributed by atoms with E-state index in [-0.39, 0.29) is 22.8 Å². The van der Waals surface area contributed by atoms with E-state index in [1.54, 1.807) is 6.92 Å². The van der Waals surface area contributed by atoms with Crippen molar-refractivity contribution in [2.24, 2.45) is 17.3 Å². The second kappa shape index (κ2) is 6.85. The van der Waals surface area contributed by atoms with Crippen LogP contribution in [-0.2, 0) is 16.1 Å². The largest absolute Gasteiger partial charge is 0.356 e.